The second-order valence-corrected chi connectivity index (χ2v) is 6.04. The molecule has 0 bridgehead atoms. The van der Waals surface area contributed by atoms with Crippen LogP contribution in [0.2, 0.25) is 5.02 Å². The van der Waals surface area contributed by atoms with Crippen molar-refractivity contribution in [3.8, 4) is 5.69 Å². The zero-order valence-electron chi connectivity index (χ0n) is 14.0. The molecule has 3 aromatic rings. The number of hydrogen-bond donors (Lipinski definition) is 0. The summed E-state index contributed by atoms with van der Waals surface area (Å²) in [4.78, 5) is 16.2. The molecule has 0 aliphatic heterocycles. The van der Waals surface area contributed by atoms with Crippen LogP contribution in [0.15, 0.2) is 42.7 Å². The Bertz CT molecular complexity index is 915. The number of hydrogen-bond acceptors (Lipinski definition) is 5. The minimum absolute atomic E-state index is 0.0300. The van der Waals surface area contributed by atoms with Crippen molar-refractivity contribution in [3.63, 3.8) is 0 Å². The molecular weight excluding hydrogens is 359 g/mol. The number of nitrogens with zero attached hydrogens (tertiary/aromatic N) is 4. The number of esters is 1. The summed E-state index contributed by atoms with van der Waals surface area (Å²) in [5.41, 5.74) is 2.26. The molecule has 0 aliphatic rings. The molecule has 2 aromatic heterocycles. The molecule has 26 heavy (non-hydrogen) atoms. The van der Waals surface area contributed by atoms with Gasteiger partial charge in [-0.25, -0.2) is 13.9 Å². The molecule has 0 amide bonds. The summed E-state index contributed by atoms with van der Waals surface area (Å²) in [5, 5.41) is 7.78. The fourth-order valence-electron chi connectivity index (χ4n) is 2.44. The van der Waals surface area contributed by atoms with E-state index in [1.165, 1.54) is 22.9 Å². The highest BCUT2D eigenvalue weighted by Crippen LogP contribution is 2.20. The van der Waals surface area contributed by atoms with Crippen LogP contribution in [0, 0.1) is 12.7 Å². The van der Waals surface area contributed by atoms with Crippen molar-refractivity contribution in [1.82, 2.24) is 20.0 Å². The summed E-state index contributed by atoms with van der Waals surface area (Å²) < 4.78 is 20.0. The third-order valence-corrected chi connectivity index (χ3v) is 4.12. The molecule has 0 N–H and O–H groups in total. The van der Waals surface area contributed by atoms with Crippen LogP contribution in [-0.4, -0.2) is 32.6 Å². The molecule has 0 aliphatic carbocycles. The molecule has 0 saturated heterocycles. The first-order chi connectivity index (χ1) is 12.6. The molecule has 6 nitrogen and oxygen atoms in total. The highest BCUT2D eigenvalue weighted by Gasteiger charge is 2.19. The average Bonchev–Trinajstić information content (AvgIpc) is 3.03. The van der Waals surface area contributed by atoms with Gasteiger partial charge in [-0.2, -0.15) is 0 Å². The van der Waals surface area contributed by atoms with Crippen LogP contribution in [0.5, 0.6) is 0 Å². The van der Waals surface area contributed by atoms with Crippen molar-refractivity contribution in [2.45, 2.75) is 19.8 Å². The summed E-state index contributed by atoms with van der Waals surface area (Å²) >= 11 is 5.79. The summed E-state index contributed by atoms with van der Waals surface area (Å²) in [6.07, 6.45) is 4.93. The Kier molecular flexibility index (Phi) is 5.58. The number of aryl methyl sites for hydroxylation is 1. The largest absolute Gasteiger partial charge is 0.461 e. The highest BCUT2D eigenvalue weighted by molar-refractivity contribution is 6.30. The van der Waals surface area contributed by atoms with E-state index < -0.39 is 11.8 Å². The molecule has 0 saturated carbocycles. The van der Waals surface area contributed by atoms with E-state index >= 15 is 0 Å². The van der Waals surface area contributed by atoms with E-state index in [0.717, 1.165) is 12.0 Å². The molecule has 8 heteroatoms. The van der Waals surface area contributed by atoms with Crippen LogP contribution in [0.4, 0.5) is 4.39 Å². The Morgan fingerprint density at radius 3 is 2.77 bits per heavy atom. The zero-order chi connectivity index (χ0) is 18.5. The Morgan fingerprint density at radius 2 is 2.04 bits per heavy atom. The normalized spacial score (nSPS) is 10.7. The number of rotatable bonds is 6. The minimum Gasteiger partial charge on any atom is -0.461 e. The standard InChI is InChI=1S/C18H16ClFN4O2/c1-12-17(18(25)26-10-2-3-13-6-8-21-9-7-13)22-23-24(12)14-4-5-16(20)15(19)11-14/h4-9,11H,2-3,10H2,1H3. The van der Waals surface area contributed by atoms with Gasteiger partial charge in [-0.15, -0.1) is 5.10 Å². The number of benzene rings is 1. The number of aromatic nitrogens is 4. The van der Waals surface area contributed by atoms with Crippen LogP contribution in [-0.2, 0) is 11.2 Å². The SMILES string of the molecule is Cc1c(C(=O)OCCCc2ccncc2)nnn1-c1ccc(F)c(Cl)c1. The Labute approximate surface area is 154 Å². The van der Waals surface area contributed by atoms with Gasteiger partial charge in [0.2, 0.25) is 0 Å². The Hall–Kier alpha value is -2.80. The summed E-state index contributed by atoms with van der Waals surface area (Å²) in [7, 11) is 0. The smallest absolute Gasteiger partial charge is 0.360 e. The lowest BCUT2D eigenvalue weighted by Crippen LogP contribution is -2.10. The molecular formula is C18H16ClFN4O2. The third kappa shape index (κ3) is 4.05. The van der Waals surface area contributed by atoms with Gasteiger partial charge in [0.25, 0.3) is 0 Å². The third-order valence-electron chi connectivity index (χ3n) is 3.83. The van der Waals surface area contributed by atoms with Crippen molar-refractivity contribution in [3.05, 3.63) is 70.5 Å². The zero-order valence-corrected chi connectivity index (χ0v) is 14.8. The number of carbonyl (C=O) groups is 1. The van der Waals surface area contributed by atoms with Gasteiger partial charge in [-0.05, 0) is 55.7 Å². The van der Waals surface area contributed by atoms with Crippen LogP contribution in [0.25, 0.3) is 5.69 Å². The second-order valence-electron chi connectivity index (χ2n) is 5.63. The van der Waals surface area contributed by atoms with E-state index in [9.17, 15) is 9.18 Å². The van der Waals surface area contributed by atoms with Crippen LogP contribution < -0.4 is 0 Å². The maximum absolute atomic E-state index is 13.3. The minimum atomic E-state index is -0.545. The predicted octanol–water partition coefficient (Wildman–Crippen LogP) is 3.55. The number of halogens is 2. The maximum atomic E-state index is 13.3. The van der Waals surface area contributed by atoms with Gasteiger partial charge < -0.3 is 4.74 Å². The van der Waals surface area contributed by atoms with Gasteiger partial charge in [0.05, 0.1) is 23.0 Å². The van der Waals surface area contributed by atoms with Crippen LogP contribution in [0.3, 0.4) is 0 Å². The van der Waals surface area contributed by atoms with Crippen molar-refractivity contribution < 1.29 is 13.9 Å². The molecule has 0 atom stereocenters. The topological polar surface area (TPSA) is 69.9 Å². The van der Waals surface area contributed by atoms with E-state index in [1.54, 1.807) is 19.3 Å². The van der Waals surface area contributed by atoms with Crippen molar-refractivity contribution >= 4 is 17.6 Å². The van der Waals surface area contributed by atoms with Crippen molar-refractivity contribution in [2.24, 2.45) is 0 Å². The van der Waals surface area contributed by atoms with Crippen LogP contribution in [0.1, 0.15) is 28.2 Å². The van der Waals surface area contributed by atoms with Gasteiger partial charge in [0.1, 0.15) is 5.82 Å². The van der Waals surface area contributed by atoms with E-state index in [0.29, 0.717) is 17.8 Å². The molecule has 0 fully saturated rings. The lowest BCUT2D eigenvalue weighted by molar-refractivity contribution is 0.0492. The van der Waals surface area contributed by atoms with E-state index in [1.807, 2.05) is 12.1 Å². The van der Waals surface area contributed by atoms with Gasteiger partial charge in [0.15, 0.2) is 5.69 Å². The highest BCUT2D eigenvalue weighted by atomic mass is 35.5. The first-order valence-electron chi connectivity index (χ1n) is 8.00. The number of carbonyl (C=O) groups excluding carboxylic acids is 1. The van der Waals surface area contributed by atoms with E-state index in [4.69, 9.17) is 16.3 Å². The maximum Gasteiger partial charge on any atom is 0.360 e. The molecule has 2 heterocycles. The number of ether oxygens (including phenoxy) is 1. The van der Waals surface area contributed by atoms with Crippen molar-refractivity contribution in [2.75, 3.05) is 6.61 Å². The second kappa shape index (κ2) is 8.05. The molecule has 0 spiro atoms. The van der Waals surface area contributed by atoms with E-state index in [2.05, 4.69) is 15.3 Å². The summed E-state index contributed by atoms with van der Waals surface area (Å²) in [6.45, 7) is 1.96. The van der Waals surface area contributed by atoms with Crippen molar-refractivity contribution in [1.29, 1.82) is 0 Å². The molecule has 1 aromatic carbocycles. The quantitative estimate of drug-likeness (QED) is 0.487. The van der Waals surface area contributed by atoms with Gasteiger partial charge >= 0.3 is 5.97 Å². The summed E-state index contributed by atoms with van der Waals surface area (Å²) in [6, 6.07) is 8.00. The van der Waals surface area contributed by atoms with Gasteiger partial charge in [-0.1, -0.05) is 16.8 Å². The lowest BCUT2D eigenvalue weighted by Gasteiger charge is -2.06. The fourth-order valence-corrected chi connectivity index (χ4v) is 2.61. The molecule has 3 rings (SSSR count). The van der Waals surface area contributed by atoms with Crippen LogP contribution >= 0.6 is 11.6 Å². The molecule has 0 unspecified atom stereocenters. The average molecular weight is 375 g/mol. The van der Waals surface area contributed by atoms with E-state index in [-0.39, 0.29) is 17.3 Å². The molecule has 0 radical (unpaired) electrons. The Morgan fingerprint density at radius 1 is 1.27 bits per heavy atom. The van der Waals surface area contributed by atoms with Gasteiger partial charge in [-0.3, -0.25) is 4.98 Å². The first kappa shape index (κ1) is 18.0. The fraction of sp³-hybridized carbons (Fsp3) is 0.222. The van der Waals surface area contributed by atoms with Gasteiger partial charge in [0, 0.05) is 12.4 Å². The first-order valence-corrected chi connectivity index (χ1v) is 8.38. The summed E-state index contributed by atoms with van der Waals surface area (Å²) in [5.74, 6) is -1.07. The predicted molar refractivity (Wildman–Crippen MR) is 93.9 cm³/mol. The number of pyridine rings is 1. The Balaban J connectivity index is 1.61. The monoisotopic (exact) mass is 374 g/mol. The lowest BCUT2D eigenvalue weighted by atomic mass is 10.1. The molecule has 134 valence electrons.